The first-order chi connectivity index (χ1) is 9.10. The van der Waals surface area contributed by atoms with E-state index in [1.54, 1.807) is 19.1 Å². The topological polar surface area (TPSA) is 29.5 Å². The zero-order chi connectivity index (χ0) is 13.8. The van der Waals surface area contributed by atoms with Gasteiger partial charge in [0.25, 0.3) is 0 Å². The van der Waals surface area contributed by atoms with Gasteiger partial charge in [-0.3, -0.25) is 9.69 Å². The van der Waals surface area contributed by atoms with Crippen LogP contribution in [0.15, 0.2) is 18.2 Å². The number of nitrogens with zero attached hydrogens (tertiary/aromatic N) is 1. The van der Waals surface area contributed by atoms with Crippen LogP contribution in [0.1, 0.15) is 25.3 Å². The molecule has 1 aromatic carbocycles. The molecule has 1 saturated carbocycles. The maximum absolute atomic E-state index is 13.4. The summed E-state index contributed by atoms with van der Waals surface area (Å²) in [6.45, 7) is 2.96. The summed E-state index contributed by atoms with van der Waals surface area (Å²) in [5, 5.41) is 0.118. The summed E-state index contributed by atoms with van der Waals surface area (Å²) < 4.78 is 18.3. The fourth-order valence-corrected chi connectivity index (χ4v) is 2.12. The summed E-state index contributed by atoms with van der Waals surface area (Å²) in [6.07, 6.45) is 2.16. The molecule has 0 amide bonds. The lowest BCUT2D eigenvalue weighted by Crippen LogP contribution is -2.32. The van der Waals surface area contributed by atoms with Gasteiger partial charge in [-0.2, -0.15) is 0 Å². The fourth-order valence-electron chi connectivity index (χ4n) is 2.00. The summed E-state index contributed by atoms with van der Waals surface area (Å²) in [4.78, 5) is 13.6. The molecule has 0 atom stereocenters. The number of carbonyl (C=O) groups excluding carboxylic acids is 1. The second kappa shape index (κ2) is 6.35. The summed E-state index contributed by atoms with van der Waals surface area (Å²) in [7, 11) is 0. The molecule has 1 aromatic rings. The second-order valence-electron chi connectivity index (χ2n) is 4.69. The van der Waals surface area contributed by atoms with Gasteiger partial charge in [0.2, 0.25) is 0 Å². The molecule has 0 bridgehead atoms. The van der Waals surface area contributed by atoms with Gasteiger partial charge in [0.05, 0.1) is 18.2 Å². The summed E-state index contributed by atoms with van der Waals surface area (Å²) >= 11 is 5.65. The summed E-state index contributed by atoms with van der Waals surface area (Å²) in [6, 6.07) is 5.15. The number of hydrogen-bond donors (Lipinski definition) is 0. The highest BCUT2D eigenvalue weighted by Crippen LogP contribution is 2.28. The van der Waals surface area contributed by atoms with Gasteiger partial charge in [-0.25, -0.2) is 4.39 Å². The molecule has 0 saturated heterocycles. The van der Waals surface area contributed by atoms with Crippen molar-refractivity contribution in [1.82, 2.24) is 4.90 Å². The van der Waals surface area contributed by atoms with Gasteiger partial charge < -0.3 is 4.74 Å². The van der Waals surface area contributed by atoms with Crippen LogP contribution < -0.4 is 0 Å². The van der Waals surface area contributed by atoms with E-state index in [0.29, 0.717) is 19.2 Å². The first-order valence-corrected chi connectivity index (χ1v) is 6.81. The molecule has 1 fully saturated rings. The molecule has 104 valence electrons. The first-order valence-electron chi connectivity index (χ1n) is 6.43. The van der Waals surface area contributed by atoms with Crippen molar-refractivity contribution >= 4 is 17.6 Å². The maximum atomic E-state index is 13.4. The Labute approximate surface area is 117 Å². The number of ether oxygens (including phenoxy) is 1. The molecule has 3 nitrogen and oxygen atoms in total. The third-order valence-electron chi connectivity index (χ3n) is 3.07. The van der Waals surface area contributed by atoms with E-state index in [1.165, 1.54) is 6.07 Å². The summed E-state index contributed by atoms with van der Waals surface area (Å²) in [5.74, 6) is -0.658. The number of carbonyl (C=O) groups is 1. The number of halogens is 2. The van der Waals surface area contributed by atoms with E-state index in [1.807, 2.05) is 4.90 Å². The number of hydrogen-bond acceptors (Lipinski definition) is 3. The SMILES string of the molecule is CCOC(=O)CN(Cc1ccc(Cl)c(F)c1)C1CC1. The van der Waals surface area contributed by atoms with Crippen LogP contribution in [0.4, 0.5) is 4.39 Å². The predicted molar refractivity (Wildman–Crippen MR) is 71.5 cm³/mol. The molecule has 2 rings (SSSR count). The minimum atomic E-state index is -0.425. The molecular formula is C14H17ClFNO2. The largest absolute Gasteiger partial charge is 0.465 e. The van der Waals surface area contributed by atoms with Crippen molar-refractivity contribution < 1.29 is 13.9 Å². The maximum Gasteiger partial charge on any atom is 0.320 e. The van der Waals surface area contributed by atoms with E-state index < -0.39 is 5.82 Å². The van der Waals surface area contributed by atoms with Crippen LogP contribution >= 0.6 is 11.6 Å². The van der Waals surface area contributed by atoms with E-state index >= 15 is 0 Å². The average Bonchev–Trinajstić information content (AvgIpc) is 3.17. The Morgan fingerprint density at radius 2 is 2.26 bits per heavy atom. The van der Waals surface area contributed by atoms with Crippen LogP contribution in [0.25, 0.3) is 0 Å². The van der Waals surface area contributed by atoms with Gasteiger partial charge >= 0.3 is 5.97 Å². The quantitative estimate of drug-likeness (QED) is 0.753. The Hall–Kier alpha value is -1.13. The van der Waals surface area contributed by atoms with Crippen molar-refractivity contribution in [3.63, 3.8) is 0 Å². The van der Waals surface area contributed by atoms with Crippen molar-refractivity contribution in [3.05, 3.63) is 34.6 Å². The lowest BCUT2D eigenvalue weighted by molar-refractivity contribution is -0.144. The van der Waals surface area contributed by atoms with E-state index in [4.69, 9.17) is 16.3 Å². The number of esters is 1. The highest BCUT2D eigenvalue weighted by Gasteiger charge is 2.30. The summed E-state index contributed by atoms with van der Waals surface area (Å²) in [5.41, 5.74) is 0.818. The van der Waals surface area contributed by atoms with Crippen molar-refractivity contribution in [2.45, 2.75) is 32.4 Å². The highest BCUT2D eigenvalue weighted by atomic mass is 35.5. The van der Waals surface area contributed by atoms with Gasteiger partial charge in [0.15, 0.2) is 0 Å². The Balaban J connectivity index is 1.99. The van der Waals surface area contributed by atoms with Crippen LogP contribution in [0, 0.1) is 5.82 Å². The third kappa shape index (κ3) is 4.18. The van der Waals surface area contributed by atoms with Crippen LogP contribution in [-0.4, -0.2) is 30.1 Å². The zero-order valence-electron chi connectivity index (χ0n) is 10.9. The van der Waals surface area contributed by atoms with Crippen molar-refractivity contribution in [2.24, 2.45) is 0 Å². The van der Waals surface area contributed by atoms with Gasteiger partial charge in [-0.1, -0.05) is 17.7 Å². The lowest BCUT2D eigenvalue weighted by Gasteiger charge is -2.21. The molecule has 19 heavy (non-hydrogen) atoms. The molecule has 0 N–H and O–H groups in total. The van der Waals surface area contributed by atoms with Gasteiger partial charge in [-0.15, -0.1) is 0 Å². The molecule has 0 aromatic heterocycles. The fraction of sp³-hybridized carbons (Fsp3) is 0.500. The molecule has 0 heterocycles. The Morgan fingerprint density at radius 3 is 2.84 bits per heavy atom. The number of rotatable bonds is 6. The molecule has 1 aliphatic carbocycles. The van der Waals surface area contributed by atoms with Crippen molar-refractivity contribution in [1.29, 1.82) is 0 Å². The zero-order valence-corrected chi connectivity index (χ0v) is 11.6. The molecular weight excluding hydrogens is 269 g/mol. The molecule has 0 aliphatic heterocycles. The monoisotopic (exact) mass is 285 g/mol. The average molecular weight is 286 g/mol. The lowest BCUT2D eigenvalue weighted by atomic mass is 10.2. The van der Waals surface area contributed by atoms with Gasteiger partial charge in [-0.05, 0) is 37.5 Å². The third-order valence-corrected chi connectivity index (χ3v) is 3.38. The molecule has 0 spiro atoms. The van der Waals surface area contributed by atoms with Gasteiger partial charge in [0, 0.05) is 12.6 Å². The van der Waals surface area contributed by atoms with Crippen molar-refractivity contribution in [3.8, 4) is 0 Å². The molecule has 0 radical (unpaired) electrons. The molecule has 0 unspecified atom stereocenters. The van der Waals surface area contributed by atoms with E-state index in [-0.39, 0.29) is 17.5 Å². The van der Waals surface area contributed by atoms with Crippen LogP contribution in [0.2, 0.25) is 5.02 Å². The van der Waals surface area contributed by atoms with Crippen molar-refractivity contribution in [2.75, 3.05) is 13.2 Å². The van der Waals surface area contributed by atoms with E-state index in [0.717, 1.165) is 18.4 Å². The highest BCUT2D eigenvalue weighted by molar-refractivity contribution is 6.30. The minimum absolute atomic E-state index is 0.118. The predicted octanol–water partition coefficient (Wildman–Crippen LogP) is 3.01. The van der Waals surface area contributed by atoms with Crippen LogP contribution in [0.5, 0.6) is 0 Å². The van der Waals surface area contributed by atoms with Crippen LogP contribution in [0.3, 0.4) is 0 Å². The number of benzene rings is 1. The second-order valence-corrected chi connectivity index (χ2v) is 5.10. The Kier molecular flexibility index (Phi) is 4.77. The molecule has 5 heteroatoms. The van der Waals surface area contributed by atoms with Gasteiger partial charge in [0.1, 0.15) is 5.82 Å². The Morgan fingerprint density at radius 1 is 1.53 bits per heavy atom. The van der Waals surface area contributed by atoms with E-state index in [2.05, 4.69) is 0 Å². The normalized spacial score (nSPS) is 14.7. The first kappa shape index (κ1) is 14.3. The smallest absolute Gasteiger partial charge is 0.320 e. The minimum Gasteiger partial charge on any atom is -0.465 e. The Bertz CT molecular complexity index is 463. The molecule has 1 aliphatic rings. The standard InChI is InChI=1S/C14H17ClFNO2/c1-2-19-14(18)9-17(11-4-5-11)8-10-3-6-12(15)13(16)7-10/h3,6-7,11H,2,4-5,8-9H2,1H3. The van der Waals surface area contributed by atoms with Crippen LogP contribution in [-0.2, 0) is 16.1 Å². The van der Waals surface area contributed by atoms with E-state index in [9.17, 15) is 9.18 Å².